The second-order valence-electron chi connectivity index (χ2n) is 23.1. The first-order chi connectivity index (χ1) is 39.5. The van der Waals surface area contributed by atoms with E-state index in [9.17, 15) is 0 Å². The van der Waals surface area contributed by atoms with E-state index in [1.165, 1.54) is 55.2 Å². The summed E-state index contributed by atoms with van der Waals surface area (Å²) in [7, 11) is 0. The molecular formula is C76H60N4O. The van der Waals surface area contributed by atoms with Crippen LogP contribution in [0.25, 0.3) is 43.5 Å². The minimum absolute atomic E-state index is 0.346. The summed E-state index contributed by atoms with van der Waals surface area (Å²) in [5.41, 5.74) is 21.9. The third kappa shape index (κ3) is 7.52. The fourth-order valence-corrected chi connectivity index (χ4v) is 13.5. The lowest BCUT2D eigenvalue weighted by molar-refractivity contribution is 0.631. The van der Waals surface area contributed by atoms with Crippen molar-refractivity contribution in [2.75, 3.05) is 19.6 Å². The molecule has 0 spiro atoms. The van der Waals surface area contributed by atoms with Crippen LogP contribution in [0.2, 0.25) is 0 Å². The molecule has 2 aliphatic heterocycles. The topological polar surface area (TPSA) is 26.1 Å². The van der Waals surface area contributed by atoms with Gasteiger partial charge in [-0.05, 0) is 151 Å². The SMILES string of the molecule is Cc1ccc2c(N3c4ccc(N(c5ccccc5)c5ccccc5)cc4C(C)(C)c4cc5c(cc43)oc3ccccc35)c3cc(C)ccc3c(N3c4ccccc4C(C)(C)c4cc(N(c5ccccc5)c5ccccc5)ccc43)c2c1. The van der Waals surface area contributed by atoms with Gasteiger partial charge in [-0.3, -0.25) is 0 Å². The Bertz CT molecular complexity index is 4540. The van der Waals surface area contributed by atoms with E-state index < -0.39 is 5.41 Å². The number of fused-ring (bicyclic) bond motifs is 9. The number of rotatable bonds is 8. The minimum atomic E-state index is -0.440. The van der Waals surface area contributed by atoms with Crippen molar-refractivity contribution in [3.8, 4) is 0 Å². The van der Waals surface area contributed by atoms with Crippen LogP contribution in [-0.4, -0.2) is 0 Å². The Balaban J connectivity index is 1.02. The van der Waals surface area contributed by atoms with Gasteiger partial charge < -0.3 is 24.0 Å². The lowest BCUT2D eigenvalue weighted by Gasteiger charge is -2.45. The highest BCUT2D eigenvalue weighted by molar-refractivity contribution is 6.24. The van der Waals surface area contributed by atoms with E-state index in [1.54, 1.807) is 0 Å². The molecule has 0 N–H and O–H groups in total. The Hall–Kier alpha value is -9.84. The predicted octanol–water partition coefficient (Wildman–Crippen LogP) is 21.7. The normalized spacial score (nSPS) is 14.0. The maximum Gasteiger partial charge on any atom is 0.137 e. The Labute approximate surface area is 473 Å². The third-order valence-electron chi connectivity index (χ3n) is 17.4. The lowest BCUT2D eigenvalue weighted by atomic mass is 9.72. The highest BCUT2D eigenvalue weighted by Gasteiger charge is 2.42. The molecule has 15 rings (SSSR count). The number of aryl methyl sites for hydroxylation is 2. The van der Waals surface area contributed by atoms with E-state index in [0.29, 0.717) is 0 Å². The van der Waals surface area contributed by atoms with Crippen LogP contribution >= 0.6 is 0 Å². The van der Waals surface area contributed by atoms with Crippen LogP contribution in [0.4, 0.5) is 68.2 Å². The van der Waals surface area contributed by atoms with E-state index >= 15 is 0 Å². The van der Waals surface area contributed by atoms with Gasteiger partial charge in [-0.2, -0.15) is 0 Å². The van der Waals surface area contributed by atoms with Crippen LogP contribution in [0.1, 0.15) is 61.1 Å². The summed E-state index contributed by atoms with van der Waals surface area (Å²) < 4.78 is 6.83. The molecular weight excluding hydrogens is 985 g/mol. The molecule has 3 heterocycles. The molecule has 0 saturated heterocycles. The van der Waals surface area contributed by atoms with E-state index in [1.807, 2.05) is 0 Å². The zero-order valence-corrected chi connectivity index (χ0v) is 46.4. The summed E-state index contributed by atoms with van der Waals surface area (Å²) in [4.78, 5) is 9.94. The predicted molar refractivity (Wildman–Crippen MR) is 341 cm³/mol. The molecule has 0 atom stereocenters. The molecule has 0 saturated carbocycles. The number of benzene rings is 12. The molecule has 13 aromatic rings. The maximum absolute atomic E-state index is 6.83. The highest BCUT2D eigenvalue weighted by Crippen LogP contribution is 2.61. The van der Waals surface area contributed by atoms with Crippen molar-refractivity contribution in [1.82, 2.24) is 0 Å². The molecule has 0 aliphatic carbocycles. The van der Waals surface area contributed by atoms with Crippen molar-refractivity contribution in [3.05, 3.63) is 288 Å². The highest BCUT2D eigenvalue weighted by atomic mass is 16.3. The van der Waals surface area contributed by atoms with Gasteiger partial charge in [0.2, 0.25) is 0 Å². The molecule has 2 aliphatic rings. The first-order valence-corrected chi connectivity index (χ1v) is 28.2. The molecule has 0 bridgehead atoms. The number of para-hydroxylation sites is 6. The smallest absolute Gasteiger partial charge is 0.137 e. The molecule has 390 valence electrons. The number of furan rings is 1. The standard InChI is InChI=1S/C76H60N4O/c1-49-36-40-59-61(43-49)73(79-67-33-21-20-32-63(67)75(3,4)64-45-55(37-41-68(64)79)77(51-23-11-7-12-24-51)52-25-13-8-14-26-52)58-39-35-50(2)44-62(58)74(59)80-69-42-38-56(78(53-27-15-9-16-28-53)54-29-17-10-18-30-54)46-65(69)76(5,6)66-47-60-57-31-19-22-34-71(57)81-72(60)48-70(66)80/h7-48H,1-6H3. The van der Waals surface area contributed by atoms with E-state index in [-0.39, 0.29) is 5.41 Å². The van der Waals surface area contributed by atoms with Gasteiger partial charge >= 0.3 is 0 Å². The van der Waals surface area contributed by atoms with Crippen LogP contribution in [0.5, 0.6) is 0 Å². The average Bonchev–Trinajstić information content (AvgIpc) is 4.10. The summed E-state index contributed by atoms with van der Waals surface area (Å²) in [6.45, 7) is 14.1. The number of nitrogens with zero attached hydrogens (tertiary/aromatic N) is 4. The fourth-order valence-electron chi connectivity index (χ4n) is 13.5. The lowest BCUT2D eigenvalue weighted by Crippen LogP contribution is -2.32. The molecule has 5 heteroatoms. The van der Waals surface area contributed by atoms with Gasteiger partial charge in [0.05, 0.1) is 34.1 Å². The van der Waals surface area contributed by atoms with E-state index in [2.05, 4.69) is 316 Å². The van der Waals surface area contributed by atoms with Gasteiger partial charge in [-0.1, -0.05) is 172 Å². The van der Waals surface area contributed by atoms with Crippen LogP contribution in [-0.2, 0) is 10.8 Å². The van der Waals surface area contributed by atoms with Crippen molar-refractivity contribution in [2.45, 2.75) is 52.4 Å². The molecule has 12 aromatic carbocycles. The van der Waals surface area contributed by atoms with Gasteiger partial charge in [0.25, 0.3) is 0 Å². The Morgan fingerprint density at radius 1 is 0.284 bits per heavy atom. The number of hydrogen-bond donors (Lipinski definition) is 0. The van der Waals surface area contributed by atoms with Crippen molar-refractivity contribution in [2.24, 2.45) is 0 Å². The zero-order valence-electron chi connectivity index (χ0n) is 46.4. The van der Waals surface area contributed by atoms with Crippen LogP contribution in [0, 0.1) is 13.8 Å². The molecule has 0 radical (unpaired) electrons. The van der Waals surface area contributed by atoms with Crippen molar-refractivity contribution in [1.29, 1.82) is 0 Å². The number of hydrogen-bond acceptors (Lipinski definition) is 5. The molecule has 5 nitrogen and oxygen atoms in total. The first-order valence-electron chi connectivity index (χ1n) is 28.2. The summed E-state index contributed by atoms with van der Waals surface area (Å²) in [5.74, 6) is 0. The second kappa shape index (κ2) is 18.4. The summed E-state index contributed by atoms with van der Waals surface area (Å²) in [6.07, 6.45) is 0. The van der Waals surface area contributed by atoms with Crippen molar-refractivity contribution >= 4 is 112 Å². The van der Waals surface area contributed by atoms with E-state index in [0.717, 1.165) is 89.9 Å². The summed E-state index contributed by atoms with van der Waals surface area (Å²) in [5, 5.41) is 6.91. The van der Waals surface area contributed by atoms with Crippen molar-refractivity contribution < 1.29 is 4.42 Å². The number of anilines is 12. The monoisotopic (exact) mass is 1040 g/mol. The van der Waals surface area contributed by atoms with Gasteiger partial charge in [-0.25, -0.2) is 0 Å². The summed E-state index contributed by atoms with van der Waals surface area (Å²) >= 11 is 0. The van der Waals surface area contributed by atoms with Crippen LogP contribution in [0.15, 0.2) is 259 Å². The van der Waals surface area contributed by atoms with Crippen LogP contribution in [0.3, 0.4) is 0 Å². The molecule has 0 unspecified atom stereocenters. The molecule has 0 amide bonds. The first kappa shape index (κ1) is 48.3. The molecule has 1 aromatic heterocycles. The average molecular weight is 1050 g/mol. The van der Waals surface area contributed by atoms with Crippen molar-refractivity contribution in [3.63, 3.8) is 0 Å². The van der Waals surface area contributed by atoms with Gasteiger partial charge in [0.15, 0.2) is 0 Å². The zero-order chi connectivity index (χ0) is 54.7. The third-order valence-corrected chi connectivity index (χ3v) is 17.4. The Morgan fingerprint density at radius 3 is 1.20 bits per heavy atom. The fraction of sp³-hybridized carbons (Fsp3) is 0.105. The minimum Gasteiger partial charge on any atom is -0.456 e. The van der Waals surface area contributed by atoms with Gasteiger partial charge in [0, 0.05) is 83.3 Å². The molecule has 0 fully saturated rings. The van der Waals surface area contributed by atoms with Gasteiger partial charge in [0.1, 0.15) is 11.2 Å². The maximum atomic E-state index is 6.83. The Kier molecular flexibility index (Phi) is 11.0. The van der Waals surface area contributed by atoms with Crippen LogP contribution < -0.4 is 19.6 Å². The summed E-state index contributed by atoms with van der Waals surface area (Å²) in [6, 6.07) is 93.7. The molecule has 81 heavy (non-hydrogen) atoms. The Morgan fingerprint density at radius 2 is 0.691 bits per heavy atom. The largest absolute Gasteiger partial charge is 0.456 e. The quantitative estimate of drug-likeness (QED) is 0.141. The second-order valence-corrected chi connectivity index (χ2v) is 23.1. The van der Waals surface area contributed by atoms with E-state index in [4.69, 9.17) is 4.42 Å². The van der Waals surface area contributed by atoms with Gasteiger partial charge in [-0.15, -0.1) is 0 Å².